The molecule has 1 aliphatic heterocycles. The number of likely N-dealkylation sites (N-methyl/N-ethyl adjacent to an activating group) is 1. The van der Waals surface area contributed by atoms with Crippen LogP contribution in [0, 0.1) is 0 Å². The van der Waals surface area contributed by atoms with Gasteiger partial charge in [-0.05, 0) is 36.9 Å². The fourth-order valence-electron chi connectivity index (χ4n) is 3.22. The van der Waals surface area contributed by atoms with E-state index in [1.807, 2.05) is 47.3 Å². The SMILES string of the molecule is CN1CCN(c2ccc(CNc3ccn(-c4ccccc4)n3)cc2)CC1. The summed E-state index contributed by atoms with van der Waals surface area (Å²) in [6.07, 6.45) is 1.98. The Morgan fingerprint density at radius 3 is 2.31 bits per heavy atom. The molecule has 0 saturated carbocycles. The number of nitrogens with one attached hydrogen (secondary N) is 1. The topological polar surface area (TPSA) is 36.3 Å². The first kappa shape index (κ1) is 16.7. The normalized spacial score (nSPS) is 15.2. The van der Waals surface area contributed by atoms with E-state index >= 15 is 0 Å². The maximum Gasteiger partial charge on any atom is 0.148 e. The summed E-state index contributed by atoms with van der Waals surface area (Å²) in [5, 5.41) is 7.99. The Morgan fingerprint density at radius 2 is 1.58 bits per heavy atom. The Balaban J connectivity index is 1.34. The van der Waals surface area contributed by atoms with Gasteiger partial charge in [0.1, 0.15) is 5.82 Å². The lowest BCUT2D eigenvalue weighted by Gasteiger charge is -2.34. The Hall–Kier alpha value is -2.79. The molecule has 2 aromatic carbocycles. The fourth-order valence-corrected chi connectivity index (χ4v) is 3.22. The van der Waals surface area contributed by atoms with Gasteiger partial charge in [-0.3, -0.25) is 0 Å². The van der Waals surface area contributed by atoms with Crippen molar-refractivity contribution in [2.24, 2.45) is 0 Å². The summed E-state index contributed by atoms with van der Waals surface area (Å²) in [6, 6.07) is 21.0. The van der Waals surface area contributed by atoms with Crippen LogP contribution in [0.25, 0.3) is 5.69 Å². The van der Waals surface area contributed by atoms with Crippen LogP contribution in [0.4, 0.5) is 11.5 Å². The molecule has 1 aromatic heterocycles. The number of aromatic nitrogens is 2. The summed E-state index contributed by atoms with van der Waals surface area (Å²) in [7, 11) is 2.19. The second-order valence-corrected chi connectivity index (χ2v) is 6.79. The number of benzene rings is 2. The van der Waals surface area contributed by atoms with Crippen molar-refractivity contribution in [2.75, 3.05) is 43.4 Å². The third-order valence-corrected chi connectivity index (χ3v) is 4.89. The van der Waals surface area contributed by atoms with Crippen LogP contribution < -0.4 is 10.2 Å². The predicted octanol–water partition coefficient (Wildman–Crippen LogP) is 3.24. The van der Waals surface area contributed by atoms with Gasteiger partial charge in [-0.15, -0.1) is 0 Å². The van der Waals surface area contributed by atoms with Crippen molar-refractivity contribution in [3.05, 3.63) is 72.4 Å². The van der Waals surface area contributed by atoms with Gasteiger partial charge in [-0.1, -0.05) is 30.3 Å². The molecule has 0 unspecified atom stereocenters. The van der Waals surface area contributed by atoms with Crippen LogP contribution in [0.3, 0.4) is 0 Å². The van der Waals surface area contributed by atoms with Gasteiger partial charge in [0.25, 0.3) is 0 Å². The highest BCUT2D eigenvalue weighted by Gasteiger charge is 2.13. The van der Waals surface area contributed by atoms with Crippen molar-refractivity contribution < 1.29 is 0 Å². The van der Waals surface area contributed by atoms with E-state index in [1.165, 1.54) is 11.3 Å². The highest BCUT2D eigenvalue weighted by Crippen LogP contribution is 2.18. The van der Waals surface area contributed by atoms with E-state index < -0.39 is 0 Å². The molecule has 0 atom stereocenters. The monoisotopic (exact) mass is 347 g/mol. The van der Waals surface area contributed by atoms with Crippen LogP contribution in [-0.2, 0) is 6.54 Å². The number of anilines is 2. The van der Waals surface area contributed by atoms with Gasteiger partial charge >= 0.3 is 0 Å². The molecule has 26 heavy (non-hydrogen) atoms. The lowest BCUT2D eigenvalue weighted by atomic mass is 10.2. The Labute approximate surface area is 154 Å². The smallest absolute Gasteiger partial charge is 0.148 e. The molecule has 3 aromatic rings. The molecule has 1 fully saturated rings. The molecule has 5 heteroatoms. The number of hydrogen-bond acceptors (Lipinski definition) is 4. The zero-order chi connectivity index (χ0) is 17.8. The minimum Gasteiger partial charge on any atom is -0.369 e. The van der Waals surface area contributed by atoms with Gasteiger partial charge in [0.05, 0.1) is 5.69 Å². The van der Waals surface area contributed by atoms with E-state index in [2.05, 4.69) is 51.5 Å². The molecule has 1 saturated heterocycles. The van der Waals surface area contributed by atoms with Crippen molar-refractivity contribution in [1.82, 2.24) is 14.7 Å². The van der Waals surface area contributed by atoms with E-state index in [-0.39, 0.29) is 0 Å². The molecule has 0 aliphatic carbocycles. The van der Waals surface area contributed by atoms with E-state index in [0.29, 0.717) is 0 Å². The summed E-state index contributed by atoms with van der Waals surface area (Å²) in [5.41, 5.74) is 3.64. The molecule has 0 radical (unpaired) electrons. The summed E-state index contributed by atoms with van der Waals surface area (Å²) in [6.45, 7) is 5.24. The maximum atomic E-state index is 4.59. The summed E-state index contributed by atoms with van der Waals surface area (Å²) < 4.78 is 1.89. The zero-order valence-corrected chi connectivity index (χ0v) is 15.2. The van der Waals surface area contributed by atoms with Gasteiger partial charge in [-0.2, -0.15) is 5.10 Å². The van der Waals surface area contributed by atoms with Crippen molar-refractivity contribution in [2.45, 2.75) is 6.54 Å². The van der Waals surface area contributed by atoms with Gasteiger partial charge in [0.15, 0.2) is 0 Å². The molecule has 0 amide bonds. The number of para-hydroxylation sites is 1. The molecule has 0 bridgehead atoms. The fraction of sp³-hybridized carbons (Fsp3) is 0.286. The largest absolute Gasteiger partial charge is 0.369 e. The molecule has 2 heterocycles. The highest BCUT2D eigenvalue weighted by atomic mass is 15.3. The predicted molar refractivity (Wildman–Crippen MR) is 107 cm³/mol. The summed E-state index contributed by atoms with van der Waals surface area (Å²) in [5.74, 6) is 0.886. The first-order valence-corrected chi connectivity index (χ1v) is 9.15. The Bertz CT molecular complexity index is 817. The Kier molecular flexibility index (Phi) is 4.88. The van der Waals surface area contributed by atoms with Crippen molar-refractivity contribution in [1.29, 1.82) is 0 Å². The molecule has 134 valence electrons. The van der Waals surface area contributed by atoms with Crippen LogP contribution in [0.1, 0.15) is 5.56 Å². The van der Waals surface area contributed by atoms with Crippen LogP contribution in [0.5, 0.6) is 0 Å². The van der Waals surface area contributed by atoms with Crippen molar-refractivity contribution in [3.8, 4) is 5.69 Å². The zero-order valence-electron chi connectivity index (χ0n) is 15.2. The number of hydrogen-bond donors (Lipinski definition) is 1. The van der Waals surface area contributed by atoms with Crippen molar-refractivity contribution in [3.63, 3.8) is 0 Å². The molecule has 4 rings (SSSR count). The van der Waals surface area contributed by atoms with Crippen LogP contribution in [0.15, 0.2) is 66.9 Å². The third kappa shape index (κ3) is 3.89. The lowest BCUT2D eigenvalue weighted by molar-refractivity contribution is 0.313. The van der Waals surface area contributed by atoms with E-state index in [9.17, 15) is 0 Å². The summed E-state index contributed by atoms with van der Waals surface area (Å²) in [4.78, 5) is 4.84. The van der Waals surface area contributed by atoms with Crippen molar-refractivity contribution >= 4 is 11.5 Å². The first-order valence-electron chi connectivity index (χ1n) is 9.15. The van der Waals surface area contributed by atoms with Crippen LogP contribution >= 0.6 is 0 Å². The maximum absolute atomic E-state index is 4.59. The van der Waals surface area contributed by atoms with E-state index in [4.69, 9.17) is 0 Å². The molecule has 0 spiro atoms. The number of piperazine rings is 1. The van der Waals surface area contributed by atoms with Gasteiger partial charge in [-0.25, -0.2) is 4.68 Å². The van der Waals surface area contributed by atoms with Gasteiger partial charge in [0.2, 0.25) is 0 Å². The van der Waals surface area contributed by atoms with E-state index in [0.717, 1.165) is 44.2 Å². The molecule has 5 nitrogen and oxygen atoms in total. The minimum absolute atomic E-state index is 0.773. The highest BCUT2D eigenvalue weighted by molar-refractivity contribution is 5.48. The lowest BCUT2D eigenvalue weighted by Crippen LogP contribution is -2.44. The molecular formula is C21H25N5. The molecular weight excluding hydrogens is 322 g/mol. The molecule has 1 N–H and O–H groups in total. The second kappa shape index (κ2) is 7.62. The van der Waals surface area contributed by atoms with Crippen LogP contribution in [0.2, 0.25) is 0 Å². The average molecular weight is 347 g/mol. The van der Waals surface area contributed by atoms with E-state index in [1.54, 1.807) is 0 Å². The third-order valence-electron chi connectivity index (χ3n) is 4.89. The van der Waals surface area contributed by atoms with Gasteiger partial charge < -0.3 is 15.1 Å². The second-order valence-electron chi connectivity index (χ2n) is 6.79. The first-order chi connectivity index (χ1) is 12.8. The Morgan fingerprint density at radius 1 is 0.846 bits per heavy atom. The standard InChI is InChI=1S/C21H25N5/c1-24-13-15-25(16-14-24)19-9-7-18(8-10-19)17-22-21-11-12-26(23-21)20-5-3-2-4-6-20/h2-12H,13-17H2,1H3,(H,22,23). The van der Waals surface area contributed by atoms with Crippen LogP contribution in [-0.4, -0.2) is 47.9 Å². The van der Waals surface area contributed by atoms with Gasteiger partial charge in [0, 0.05) is 50.7 Å². The minimum atomic E-state index is 0.773. The number of nitrogens with zero attached hydrogens (tertiary/aromatic N) is 4. The average Bonchev–Trinajstić information content (AvgIpc) is 3.17. The number of rotatable bonds is 5. The molecule has 1 aliphatic rings. The quantitative estimate of drug-likeness (QED) is 0.769. The summed E-state index contributed by atoms with van der Waals surface area (Å²) >= 11 is 0.